The van der Waals surface area contributed by atoms with Crippen molar-refractivity contribution in [3.05, 3.63) is 254 Å². The molecule has 74 heavy (non-hydrogen) atoms. The van der Waals surface area contributed by atoms with E-state index >= 15 is 0 Å². The van der Waals surface area contributed by atoms with Gasteiger partial charge in [0.15, 0.2) is 11.5 Å². The Labute approximate surface area is 427 Å². The largest absolute Gasteiger partial charge is 0.453 e. The molecule has 0 spiro atoms. The number of hydrogen-bond acceptors (Lipinski definition) is 3. The zero-order valence-corrected chi connectivity index (χ0v) is 40.8. The van der Waals surface area contributed by atoms with E-state index in [0.29, 0.717) is 0 Å². The number of benzene rings is 12. The second-order valence-electron chi connectivity index (χ2n) is 20.5. The third-order valence-corrected chi connectivity index (χ3v) is 16.2. The van der Waals surface area contributed by atoms with Gasteiger partial charge >= 0.3 is 0 Å². The van der Waals surface area contributed by atoms with Crippen LogP contribution >= 0.6 is 0 Å². The van der Waals surface area contributed by atoms with Crippen LogP contribution in [0, 0.1) is 0 Å². The number of fused-ring (bicyclic) bond motifs is 16. The third kappa shape index (κ3) is 5.69. The molecular formula is C69H46N4O. The summed E-state index contributed by atoms with van der Waals surface area (Å²) >= 11 is 0. The summed E-state index contributed by atoms with van der Waals surface area (Å²) in [4.78, 5) is 4.86. The summed E-state index contributed by atoms with van der Waals surface area (Å²) in [6, 6.07) is 89.1. The van der Waals surface area contributed by atoms with Crippen LogP contribution in [0.15, 0.2) is 243 Å². The fraction of sp³-hybridized carbons (Fsp3) is 0.0435. The van der Waals surface area contributed by atoms with Gasteiger partial charge in [-0.1, -0.05) is 159 Å². The van der Waals surface area contributed by atoms with Gasteiger partial charge < -0.3 is 23.7 Å². The monoisotopic (exact) mass is 946 g/mol. The molecule has 12 aromatic carbocycles. The number of aromatic nitrogens is 2. The summed E-state index contributed by atoms with van der Waals surface area (Å²) in [6.07, 6.45) is 0. The zero-order chi connectivity index (χ0) is 48.8. The highest BCUT2D eigenvalue weighted by molar-refractivity contribution is 6.29. The van der Waals surface area contributed by atoms with E-state index in [2.05, 4.69) is 275 Å². The van der Waals surface area contributed by atoms with Crippen LogP contribution in [0.3, 0.4) is 0 Å². The summed E-state index contributed by atoms with van der Waals surface area (Å²) in [6.45, 7) is 4.73. The van der Waals surface area contributed by atoms with Gasteiger partial charge in [-0.05, 0) is 141 Å². The molecule has 5 nitrogen and oxygen atoms in total. The van der Waals surface area contributed by atoms with Crippen LogP contribution in [-0.4, -0.2) is 9.13 Å². The van der Waals surface area contributed by atoms with Crippen molar-refractivity contribution >= 4 is 110 Å². The Balaban J connectivity index is 0.993. The van der Waals surface area contributed by atoms with Gasteiger partial charge in [0, 0.05) is 49.7 Å². The molecule has 2 aliphatic heterocycles. The lowest BCUT2D eigenvalue weighted by Gasteiger charge is -2.42. The van der Waals surface area contributed by atoms with Crippen molar-refractivity contribution < 1.29 is 4.74 Å². The Hall–Kier alpha value is -9.58. The van der Waals surface area contributed by atoms with Gasteiger partial charge in [0.2, 0.25) is 0 Å². The number of rotatable bonds is 4. The van der Waals surface area contributed by atoms with E-state index in [1.54, 1.807) is 0 Å². The molecule has 16 rings (SSSR count). The van der Waals surface area contributed by atoms with E-state index in [1.807, 2.05) is 0 Å². The van der Waals surface area contributed by atoms with Crippen LogP contribution in [0.5, 0.6) is 11.5 Å². The maximum Gasteiger partial charge on any atom is 0.152 e. The Morgan fingerprint density at radius 1 is 0.270 bits per heavy atom. The molecular weight excluding hydrogens is 901 g/mol. The molecule has 0 amide bonds. The predicted octanol–water partition coefficient (Wildman–Crippen LogP) is 19.0. The van der Waals surface area contributed by atoms with Crippen molar-refractivity contribution in [3.8, 4) is 22.9 Å². The Morgan fingerprint density at radius 2 is 0.770 bits per heavy atom. The van der Waals surface area contributed by atoms with Crippen LogP contribution < -0.4 is 14.5 Å². The topological polar surface area (TPSA) is 25.6 Å². The molecule has 14 aromatic rings. The SMILES string of the molecule is CC1(C)c2ccccc2N(c2ccccc2)c2cc(-n3c4cc5c(cc4c4cc6c7ccccc7c7ccccc7c6cc43)Oc3ccccc3N5c3cccc(-n4c5ccccc5c5ccccc54)c3)ccc21. The van der Waals surface area contributed by atoms with Crippen molar-refractivity contribution in [2.45, 2.75) is 19.3 Å². The average molecular weight is 947 g/mol. The van der Waals surface area contributed by atoms with Gasteiger partial charge in [0.1, 0.15) is 0 Å². The molecule has 2 aliphatic rings. The molecule has 2 aromatic heterocycles. The highest BCUT2D eigenvalue weighted by Crippen LogP contribution is 2.56. The molecule has 0 unspecified atom stereocenters. The first kappa shape index (κ1) is 41.1. The first-order valence-electron chi connectivity index (χ1n) is 25.6. The summed E-state index contributed by atoms with van der Waals surface area (Å²) in [7, 11) is 0. The quantitative estimate of drug-likeness (QED) is 0.164. The van der Waals surface area contributed by atoms with Gasteiger partial charge in [-0.3, -0.25) is 0 Å². The molecule has 0 saturated carbocycles. The van der Waals surface area contributed by atoms with Gasteiger partial charge in [0.05, 0.1) is 44.8 Å². The Morgan fingerprint density at radius 3 is 1.50 bits per heavy atom. The highest BCUT2D eigenvalue weighted by atomic mass is 16.5. The maximum atomic E-state index is 7.07. The molecule has 0 fully saturated rings. The number of ether oxygens (including phenoxy) is 1. The number of para-hydroxylation sites is 6. The molecule has 0 radical (unpaired) electrons. The number of nitrogens with zero attached hydrogens (tertiary/aromatic N) is 4. The van der Waals surface area contributed by atoms with Crippen molar-refractivity contribution in [3.63, 3.8) is 0 Å². The van der Waals surface area contributed by atoms with Gasteiger partial charge in [-0.25, -0.2) is 0 Å². The normalized spacial score (nSPS) is 13.7. The van der Waals surface area contributed by atoms with Crippen LogP contribution in [0.4, 0.5) is 34.1 Å². The summed E-state index contributed by atoms with van der Waals surface area (Å²) in [5.74, 6) is 1.62. The van der Waals surface area contributed by atoms with Crippen molar-refractivity contribution in [1.82, 2.24) is 9.13 Å². The summed E-state index contributed by atoms with van der Waals surface area (Å²) < 4.78 is 12.0. The van der Waals surface area contributed by atoms with Crippen LogP contribution in [0.25, 0.3) is 87.3 Å². The third-order valence-electron chi connectivity index (χ3n) is 16.2. The molecule has 4 heterocycles. The fourth-order valence-corrected chi connectivity index (χ4v) is 12.9. The minimum absolute atomic E-state index is 0.245. The van der Waals surface area contributed by atoms with Crippen LogP contribution in [-0.2, 0) is 5.41 Å². The van der Waals surface area contributed by atoms with Gasteiger partial charge in [-0.15, -0.1) is 0 Å². The highest BCUT2D eigenvalue weighted by Gasteiger charge is 2.37. The standard InChI is InChI=1S/C69H46N4O/c1-69(2)57-29-12-15-32-61(57)70(43-19-4-3-5-20-43)65-38-46(35-36-58(65)69)73-63-40-54-50-26-9-7-24-48(50)47-23-6-8-25-49(47)53(54)39-55(63)56-41-68-66(42-64(56)73)72(62-33-16-17-34-67(62)74-68)45-22-18-21-44(37-45)71-59-30-13-10-27-51(59)52-28-11-14-31-60(52)71/h3-42H,1-2H3. The molecule has 348 valence electrons. The zero-order valence-electron chi connectivity index (χ0n) is 40.8. The first-order chi connectivity index (χ1) is 36.5. The maximum absolute atomic E-state index is 7.07. The lowest BCUT2D eigenvalue weighted by molar-refractivity contribution is 0.477. The van der Waals surface area contributed by atoms with Crippen LogP contribution in [0.1, 0.15) is 25.0 Å². The second kappa shape index (κ2) is 15.2. The smallest absolute Gasteiger partial charge is 0.152 e. The molecule has 0 N–H and O–H groups in total. The fourth-order valence-electron chi connectivity index (χ4n) is 12.9. The van der Waals surface area contributed by atoms with E-state index in [1.165, 1.54) is 82.0 Å². The first-order valence-corrected chi connectivity index (χ1v) is 25.6. The van der Waals surface area contributed by atoms with Crippen molar-refractivity contribution in [2.24, 2.45) is 0 Å². The number of hydrogen-bond donors (Lipinski definition) is 0. The van der Waals surface area contributed by atoms with Gasteiger partial charge in [0.25, 0.3) is 0 Å². The van der Waals surface area contributed by atoms with E-state index in [0.717, 1.165) is 62.0 Å². The lowest BCUT2D eigenvalue weighted by atomic mass is 9.73. The van der Waals surface area contributed by atoms with Crippen molar-refractivity contribution in [1.29, 1.82) is 0 Å². The minimum atomic E-state index is -0.245. The van der Waals surface area contributed by atoms with Crippen molar-refractivity contribution in [2.75, 3.05) is 9.80 Å². The van der Waals surface area contributed by atoms with E-state index in [4.69, 9.17) is 4.74 Å². The minimum Gasteiger partial charge on any atom is -0.453 e. The molecule has 0 aliphatic carbocycles. The van der Waals surface area contributed by atoms with E-state index in [-0.39, 0.29) is 5.41 Å². The predicted molar refractivity (Wildman–Crippen MR) is 309 cm³/mol. The van der Waals surface area contributed by atoms with E-state index < -0.39 is 0 Å². The number of anilines is 6. The Bertz CT molecular complexity index is 4640. The summed E-state index contributed by atoms with van der Waals surface area (Å²) in [5, 5.41) is 12.2. The second-order valence-corrected chi connectivity index (χ2v) is 20.5. The van der Waals surface area contributed by atoms with Crippen LogP contribution in [0.2, 0.25) is 0 Å². The summed E-state index contributed by atoms with van der Waals surface area (Å²) in [5.41, 5.74) is 15.6. The lowest BCUT2D eigenvalue weighted by Crippen LogP contribution is -2.30. The Kier molecular flexibility index (Phi) is 8.45. The molecule has 0 bridgehead atoms. The molecule has 0 atom stereocenters. The molecule has 0 saturated heterocycles. The molecule has 5 heteroatoms. The van der Waals surface area contributed by atoms with E-state index in [9.17, 15) is 0 Å². The average Bonchev–Trinajstić information content (AvgIpc) is 3.96. The van der Waals surface area contributed by atoms with Gasteiger partial charge in [-0.2, -0.15) is 0 Å².